The monoisotopic (exact) mass is 196 g/mol. The second kappa shape index (κ2) is 3.77. The molecule has 0 radical (unpaired) electrons. The third kappa shape index (κ3) is 2.00. The normalized spacial score (nSPS) is 11.4. The molecule has 0 aliphatic heterocycles. The summed E-state index contributed by atoms with van der Waals surface area (Å²) in [5.74, 6) is 0.611. The summed E-state index contributed by atoms with van der Waals surface area (Å²) in [7, 11) is 1.64. The summed E-state index contributed by atoms with van der Waals surface area (Å²) in [6.07, 6.45) is 1.53. The van der Waals surface area contributed by atoms with E-state index in [1.807, 2.05) is 6.92 Å². The number of nitrogens with zero attached hydrogens (tertiary/aromatic N) is 3. The molecule has 0 saturated heterocycles. The van der Waals surface area contributed by atoms with Crippen LogP contribution in [0.15, 0.2) is 11.3 Å². The van der Waals surface area contributed by atoms with E-state index in [4.69, 9.17) is 11.5 Å². The smallest absolute Gasteiger partial charge is 0.341 e. The zero-order valence-electron chi connectivity index (χ0n) is 7.98. The predicted octanol–water partition coefficient (Wildman–Crippen LogP) is -0.452. The Morgan fingerprint density at radius 3 is 2.71 bits per heavy atom. The van der Waals surface area contributed by atoms with Gasteiger partial charge in [-0.25, -0.2) is 9.78 Å². The van der Waals surface area contributed by atoms with Crippen molar-refractivity contribution < 1.29 is 4.79 Å². The van der Waals surface area contributed by atoms with E-state index in [2.05, 4.69) is 15.0 Å². The van der Waals surface area contributed by atoms with E-state index in [1.165, 1.54) is 11.2 Å². The Balaban J connectivity index is 2.91. The molecular weight excluding hydrogens is 184 g/mol. The maximum atomic E-state index is 10.5. The summed E-state index contributed by atoms with van der Waals surface area (Å²) in [6, 6.07) is -0.831. The van der Waals surface area contributed by atoms with Crippen LogP contribution in [0.3, 0.4) is 0 Å². The number of H-pyrrole nitrogens is 1. The van der Waals surface area contributed by atoms with Gasteiger partial charge in [0.15, 0.2) is 5.82 Å². The van der Waals surface area contributed by atoms with Gasteiger partial charge in [-0.1, -0.05) is 0 Å². The fraction of sp³-hybridized carbons (Fsp3) is 0.286. The molecule has 7 nitrogen and oxygen atoms in total. The molecule has 0 aliphatic carbocycles. The second-order valence-corrected chi connectivity index (χ2v) is 2.72. The second-order valence-electron chi connectivity index (χ2n) is 2.72. The molecule has 1 heterocycles. The van der Waals surface area contributed by atoms with E-state index in [0.717, 1.165) is 5.69 Å². The number of nitrogens with two attached hydrogens (primary N) is 2. The van der Waals surface area contributed by atoms with Crippen LogP contribution in [0.25, 0.3) is 0 Å². The number of rotatable bonds is 1. The lowest BCUT2D eigenvalue weighted by Crippen LogP contribution is -2.36. The molecule has 14 heavy (non-hydrogen) atoms. The van der Waals surface area contributed by atoms with Gasteiger partial charge in [0.2, 0.25) is 5.96 Å². The molecule has 0 saturated carbocycles. The fourth-order valence-corrected chi connectivity index (χ4v) is 0.986. The number of imidazole rings is 1. The molecule has 0 aromatic carbocycles. The number of hydrogen-bond acceptors (Lipinski definition) is 2. The average molecular weight is 196 g/mol. The largest absolute Gasteiger partial charge is 0.369 e. The quantitative estimate of drug-likeness (QED) is 0.417. The zero-order chi connectivity index (χ0) is 10.7. The van der Waals surface area contributed by atoms with E-state index < -0.39 is 6.03 Å². The summed E-state index contributed by atoms with van der Waals surface area (Å²) >= 11 is 0. The number of hydrogen-bond donors (Lipinski definition) is 3. The van der Waals surface area contributed by atoms with Crippen LogP contribution in [0, 0.1) is 6.92 Å². The topological polar surface area (TPSA) is 113 Å². The van der Waals surface area contributed by atoms with Crippen LogP contribution in [-0.2, 0) is 0 Å². The van der Waals surface area contributed by atoms with Crippen molar-refractivity contribution in [2.24, 2.45) is 16.5 Å². The zero-order valence-corrected chi connectivity index (χ0v) is 7.98. The molecule has 2 amide bonds. The molecule has 76 valence electrons. The van der Waals surface area contributed by atoms with Crippen molar-refractivity contribution in [1.29, 1.82) is 0 Å². The Morgan fingerprint density at radius 1 is 1.64 bits per heavy atom. The molecule has 1 aromatic rings. The summed E-state index contributed by atoms with van der Waals surface area (Å²) < 4.78 is 0. The molecule has 0 fully saturated rings. The Hall–Kier alpha value is -2.05. The van der Waals surface area contributed by atoms with Gasteiger partial charge >= 0.3 is 6.03 Å². The number of urea groups is 1. The van der Waals surface area contributed by atoms with Gasteiger partial charge in [0, 0.05) is 7.05 Å². The third-order valence-corrected chi connectivity index (χ3v) is 1.69. The average Bonchev–Trinajstić information content (AvgIpc) is 2.48. The molecule has 0 unspecified atom stereocenters. The molecule has 7 heteroatoms. The van der Waals surface area contributed by atoms with Crippen LogP contribution in [0.5, 0.6) is 0 Å². The number of aryl methyl sites for hydroxylation is 1. The Kier molecular flexibility index (Phi) is 2.70. The van der Waals surface area contributed by atoms with Gasteiger partial charge < -0.3 is 16.5 Å². The van der Waals surface area contributed by atoms with Crippen molar-refractivity contribution in [1.82, 2.24) is 9.97 Å². The van der Waals surface area contributed by atoms with Crippen LogP contribution in [0.1, 0.15) is 5.69 Å². The van der Waals surface area contributed by atoms with E-state index in [1.54, 1.807) is 7.05 Å². The number of amides is 2. The van der Waals surface area contributed by atoms with Crippen molar-refractivity contribution in [3.8, 4) is 0 Å². The first kappa shape index (κ1) is 10.0. The van der Waals surface area contributed by atoms with Crippen molar-refractivity contribution in [3.63, 3.8) is 0 Å². The molecule has 0 aliphatic rings. The number of aliphatic imine (C=N–C) groups is 1. The Labute approximate surface area is 80.8 Å². The lowest BCUT2D eigenvalue weighted by molar-refractivity contribution is 0.256. The fourth-order valence-electron chi connectivity index (χ4n) is 0.986. The first-order chi connectivity index (χ1) is 6.52. The molecule has 0 bridgehead atoms. The lowest BCUT2D eigenvalue weighted by atomic mass is 10.4. The summed E-state index contributed by atoms with van der Waals surface area (Å²) in [4.78, 5) is 22.2. The molecule has 0 spiro atoms. The van der Waals surface area contributed by atoms with Gasteiger partial charge in [-0.05, 0) is 6.92 Å². The van der Waals surface area contributed by atoms with Crippen molar-refractivity contribution in [2.45, 2.75) is 6.92 Å². The summed E-state index contributed by atoms with van der Waals surface area (Å²) in [5, 5.41) is 0. The van der Waals surface area contributed by atoms with Gasteiger partial charge in [-0.15, -0.1) is 0 Å². The maximum Gasteiger partial charge on any atom is 0.341 e. The Morgan fingerprint density at radius 2 is 2.29 bits per heavy atom. The molecule has 0 atom stereocenters. The van der Waals surface area contributed by atoms with E-state index in [0.29, 0.717) is 5.82 Å². The number of aromatic nitrogens is 2. The number of carbonyl (C=O) groups excluding carboxylic acids is 1. The van der Waals surface area contributed by atoms with E-state index in [9.17, 15) is 4.79 Å². The first-order valence-corrected chi connectivity index (χ1v) is 3.89. The Bertz CT molecular complexity index is 368. The van der Waals surface area contributed by atoms with Crippen LogP contribution < -0.4 is 16.4 Å². The maximum absolute atomic E-state index is 10.5. The summed E-state index contributed by atoms with van der Waals surface area (Å²) in [6.45, 7) is 1.83. The minimum absolute atomic E-state index is 0.00713. The summed E-state index contributed by atoms with van der Waals surface area (Å²) in [5.41, 5.74) is 11.2. The van der Waals surface area contributed by atoms with Gasteiger partial charge in [0.25, 0.3) is 0 Å². The highest BCUT2D eigenvalue weighted by atomic mass is 16.2. The highest BCUT2D eigenvalue weighted by molar-refractivity contribution is 6.00. The molecular formula is C7H12N6O. The van der Waals surface area contributed by atoms with Crippen LogP contribution in [0.4, 0.5) is 10.6 Å². The highest BCUT2D eigenvalue weighted by Crippen LogP contribution is 2.11. The third-order valence-electron chi connectivity index (χ3n) is 1.69. The van der Waals surface area contributed by atoms with Crippen molar-refractivity contribution >= 4 is 17.8 Å². The lowest BCUT2D eigenvalue weighted by Gasteiger charge is -2.15. The first-order valence-electron chi connectivity index (χ1n) is 3.89. The SMILES string of the molecule is Cc1[nH]cnc1N(C)C(N)=NC(N)=O. The number of anilines is 1. The van der Waals surface area contributed by atoms with E-state index in [-0.39, 0.29) is 5.96 Å². The highest BCUT2D eigenvalue weighted by Gasteiger charge is 2.10. The molecule has 1 rings (SSSR count). The number of aromatic amines is 1. The van der Waals surface area contributed by atoms with Crippen LogP contribution in [0.2, 0.25) is 0 Å². The molecule has 5 N–H and O–H groups in total. The number of primary amides is 1. The minimum Gasteiger partial charge on any atom is -0.369 e. The predicted molar refractivity (Wildman–Crippen MR) is 52.9 cm³/mol. The molecule has 1 aromatic heterocycles. The van der Waals surface area contributed by atoms with Gasteiger partial charge in [0.1, 0.15) is 0 Å². The number of nitrogens with one attached hydrogen (secondary N) is 1. The van der Waals surface area contributed by atoms with Crippen molar-refractivity contribution in [2.75, 3.05) is 11.9 Å². The minimum atomic E-state index is -0.831. The van der Waals surface area contributed by atoms with E-state index >= 15 is 0 Å². The van der Waals surface area contributed by atoms with Gasteiger partial charge in [0.05, 0.1) is 12.0 Å². The van der Waals surface area contributed by atoms with Crippen LogP contribution in [-0.4, -0.2) is 29.0 Å². The van der Waals surface area contributed by atoms with Crippen molar-refractivity contribution in [3.05, 3.63) is 12.0 Å². The van der Waals surface area contributed by atoms with Gasteiger partial charge in [-0.2, -0.15) is 4.99 Å². The van der Waals surface area contributed by atoms with Gasteiger partial charge in [-0.3, -0.25) is 4.90 Å². The van der Waals surface area contributed by atoms with Crippen LogP contribution >= 0.6 is 0 Å². The number of guanidine groups is 1. The standard InChI is InChI=1S/C7H12N6O/c1-4-5(11-3-10-4)13(2)6(8)12-7(9)14/h3H,1-2H3,(H,10,11)(H4,8,9,12,14). The number of carbonyl (C=O) groups is 1.